The zero-order valence-electron chi connectivity index (χ0n) is 19.9. The third-order valence-electron chi connectivity index (χ3n) is 6.02. The number of aromatic nitrogens is 2. The van der Waals surface area contributed by atoms with Crippen molar-refractivity contribution in [2.24, 2.45) is 4.99 Å². The van der Waals surface area contributed by atoms with Crippen molar-refractivity contribution in [2.75, 3.05) is 13.1 Å². The molecule has 3 rings (SSSR count). The number of aliphatic imine (C=N–C) groups is 1. The lowest BCUT2D eigenvalue weighted by Crippen LogP contribution is -2.55. The minimum absolute atomic E-state index is 0.160. The van der Waals surface area contributed by atoms with E-state index in [2.05, 4.69) is 27.1 Å². The number of nitrogens with zero attached hydrogens (tertiary/aromatic N) is 4. The molecule has 1 aromatic rings. The third kappa shape index (κ3) is 6.61. The number of carbonyl (C=O) groups excluding carboxylic acids is 1. The van der Waals surface area contributed by atoms with Crippen LogP contribution in [-0.4, -0.2) is 63.3 Å². The maximum atomic E-state index is 12.7. The van der Waals surface area contributed by atoms with Crippen molar-refractivity contribution in [3.8, 4) is 0 Å². The highest BCUT2D eigenvalue weighted by atomic mass is 16.6. The van der Waals surface area contributed by atoms with Gasteiger partial charge in [0.15, 0.2) is 5.96 Å². The van der Waals surface area contributed by atoms with Crippen molar-refractivity contribution in [3.05, 3.63) is 18.2 Å². The van der Waals surface area contributed by atoms with Gasteiger partial charge in [0, 0.05) is 50.2 Å². The smallest absolute Gasteiger partial charge is 0.410 e. The Morgan fingerprint density at radius 1 is 1.26 bits per heavy atom. The molecule has 2 fully saturated rings. The Morgan fingerprint density at radius 2 is 1.97 bits per heavy atom. The molecule has 0 spiro atoms. The van der Waals surface area contributed by atoms with Gasteiger partial charge < -0.3 is 24.8 Å². The summed E-state index contributed by atoms with van der Waals surface area (Å²) in [6.45, 7) is 12.5. The summed E-state index contributed by atoms with van der Waals surface area (Å²) in [6.07, 6.45) is 9.85. The molecule has 1 aromatic heterocycles. The number of guanidine groups is 1. The number of piperidine rings is 1. The molecule has 0 saturated carbocycles. The van der Waals surface area contributed by atoms with Crippen LogP contribution in [0.1, 0.15) is 72.0 Å². The van der Waals surface area contributed by atoms with Gasteiger partial charge in [-0.1, -0.05) is 0 Å². The van der Waals surface area contributed by atoms with Crippen molar-refractivity contribution in [1.29, 1.82) is 0 Å². The Morgan fingerprint density at radius 3 is 2.55 bits per heavy atom. The maximum Gasteiger partial charge on any atom is 0.410 e. The molecule has 3 heterocycles. The maximum absolute atomic E-state index is 12.7. The highest BCUT2D eigenvalue weighted by Gasteiger charge is 2.45. The minimum Gasteiger partial charge on any atom is -0.444 e. The summed E-state index contributed by atoms with van der Waals surface area (Å²) in [5.74, 6) is 1.95. The van der Waals surface area contributed by atoms with Crippen LogP contribution in [0.3, 0.4) is 0 Å². The Balaban J connectivity index is 1.47. The summed E-state index contributed by atoms with van der Waals surface area (Å²) in [5, 5.41) is 7.00. The zero-order valence-corrected chi connectivity index (χ0v) is 19.9. The van der Waals surface area contributed by atoms with Gasteiger partial charge in [-0.05, 0) is 73.1 Å². The number of fused-ring (bicyclic) bond motifs is 2. The molecule has 0 aliphatic carbocycles. The lowest BCUT2D eigenvalue weighted by atomic mass is 9.98. The molecule has 0 radical (unpaired) electrons. The average molecular weight is 433 g/mol. The summed E-state index contributed by atoms with van der Waals surface area (Å²) in [4.78, 5) is 23.7. The van der Waals surface area contributed by atoms with E-state index in [0.717, 1.165) is 69.9 Å². The van der Waals surface area contributed by atoms with E-state index < -0.39 is 5.60 Å². The first kappa shape index (κ1) is 23.4. The van der Waals surface area contributed by atoms with Crippen LogP contribution in [0.15, 0.2) is 17.4 Å². The molecule has 1 amide bonds. The first-order valence-corrected chi connectivity index (χ1v) is 11.8. The third-order valence-corrected chi connectivity index (χ3v) is 6.02. The van der Waals surface area contributed by atoms with Crippen LogP contribution in [0.25, 0.3) is 0 Å². The summed E-state index contributed by atoms with van der Waals surface area (Å²) >= 11 is 0. The van der Waals surface area contributed by atoms with Crippen LogP contribution in [0.2, 0.25) is 0 Å². The standard InChI is InChI=1S/C23H40N6O2/c1-6-24-21(26-11-7-8-13-28-14-12-25-17(28)2)27-18-15-19-9-10-20(16-18)29(19)22(30)31-23(3,4)5/h12,14,18-20H,6-11,13,15-16H2,1-5H3,(H2,24,26,27). The molecular formula is C23H40N6O2. The molecule has 31 heavy (non-hydrogen) atoms. The number of ether oxygens (including phenoxy) is 1. The van der Waals surface area contributed by atoms with E-state index in [4.69, 9.17) is 9.73 Å². The van der Waals surface area contributed by atoms with Crippen molar-refractivity contribution in [1.82, 2.24) is 25.1 Å². The van der Waals surface area contributed by atoms with Crippen LogP contribution >= 0.6 is 0 Å². The summed E-state index contributed by atoms with van der Waals surface area (Å²) in [5.41, 5.74) is -0.451. The summed E-state index contributed by atoms with van der Waals surface area (Å²) in [7, 11) is 0. The number of aryl methyl sites for hydroxylation is 2. The van der Waals surface area contributed by atoms with Gasteiger partial charge in [0.25, 0.3) is 0 Å². The topological polar surface area (TPSA) is 83.8 Å². The van der Waals surface area contributed by atoms with Crippen LogP contribution in [-0.2, 0) is 11.3 Å². The highest BCUT2D eigenvalue weighted by Crippen LogP contribution is 2.36. The van der Waals surface area contributed by atoms with Gasteiger partial charge in [-0.3, -0.25) is 4.99 Å². The molecule has 2 bridgehead atoms. The van der Waals surface area contributed by atoms with Gasteiger partial charge >= 0.3 is 6.09 Å². The van der Waals surface area contributed by atoms with E-state index in [1.54, 1.807) is 0 Å². The minimum atomic E-state index is -0.451. The molecule has 8 heteroatoms. The molecule has 174 valence electrons. The van der Waals surface area contributed by atoms with Crippen LogP contribution in [0.5, 0.6) is 0 Å². The number of rotatable bonds is 7. The Bertz CT molecular complexity index is 739. The molecule has 2 saturated heterocycles. The number of amides is 1. The van der Waals surface area contributed by atoms with Gasteiger partial charge in [0.05, 0.1) is 0 Å². The fourth-order valence-corrected chi connectivity index (χ4v) is 4.65. The molecule has 2 aliphatic heterocycles. The first-order chi connectivity index (χ1) is 14.8. The van der Waals surface area contributed by atoms with E-state index in [1.807, 2.05) is 45.0 Å². The first-order valence-electron chi connectivity index (χ1n) is 11.8. The summed E-state index contributed by atoms with van der Waals surface area (Å²) in [6, 6.07) is 0.849. The van der Waals surface area contributed by atoms with E-state index >= 15 is 0 Å². The molecule has 0 aromatic carbocycles. The number of hydrogen-bond acceptors (Lipinski definition) is 4. The van der Waals surface area contributed by atoms with E-state index in [9.17, 15) is 4.79 Å². The van der Waals surface area contributed by atoms with Gasteiger partial charge in [0.1, 0.15) is 11.4 Å². The van der Waals surface area contributed by atoms with Crippen molar-refractivity contribution >= 4 is 12.1 Å². The second kappa shape index (κ2) is 10.4. The number of carbonyl (C=O) groups is 1. The molecular weight excluding hydrogens is 392 g/mol. The number of nitrogens with one attached hydrogen (secondary N) is 2. The van der Waals surface area contributed by atoms with E-state index in [-0.39, 0.29) is 18.2 Å². The number of unbranched alkanes of at least 4 members (excludes halogenated alkanes) is 1. The van der Waals surface area contributed by atoms with Crippen molar-refractivity contribution < 1.29 is 9.53 Å². The Labute approximate surface area is 186 Å². The fraction of sp³-hybridized carbons (Fsp3) is 0.783. The van der Waals surface area contributed by atoms with Crippen LogP contribution < -0.4 is 10.6 Å². The average Bonchev–Trinajstić information content (AvgIpc) is 3.20. The van der Waals surface area contributed by atoms with E-state index in [0.29, 0.717) is 6.04 Å². The predicted molar refractivity (Wildman–Crippen MR) is 123 cm³/mol. The molecule has 2 N–H and O–H groups in total. The fourth-order valence-electron chi connectivity index (χ4n) is 4.65. The largest absolute Gasteiger partial charge is 0.444 e. The summed E-state index contributed by atoms with van der Waals surface area (Å²) < 4.78 is 7.83. The second-order valence-corrected chi connectivity index (χ2v) is 9.72. The Hall–Kier alpha value is -2.25. The normalized spacial score (nSPS) is 23.7. The van der Waals surface area contributed by atoms with Crippen molar-refractivity contribution in [2.45, 2.75) is 103 Å². The molecule has 2 aliphatic rings. The van der Waals surface area contributed by atoms with Crippen LogP contribution in [0.4, 0.5) is 4.79 Å². The van der Waals surface area contributed by atoms with Crippen LogP contribution in [0, 0.1) is 6.92 Å². The van der Waals surface area contributed by atoms with Gasteiger partial charge in [-0.25, -0.2) is 9.78 Å². The van der Waals surface area contributed by atoms with Gasteiger partial charge in [0.2, 0.25) is 0 Å². The molecule has 2 atom stereocenters. The SMILES string of the molecule is CCNC(=NCCCCn1ccnc1C)NC1CC2CCC(C1)N2C(=O)OC(C)(C)C. The zero-order chi connectivity index (χ0) is 22.4. The van der Waals surface area contributed by atoms with Gasteiger partial charge in [-0.15, -0.1) is 0 Å². The molecule has 2 unspecified atom stereocenters. The second-order valence-electron chi connectivity index (χ2n) is 9.72. The monoisotopic (exact) mass is 432 g/mol. The quantitative estimate of drug-likeness (QED) is 0.392. The Kier molecular flexibility index (Phi) is 7.84. The predicted octanol–water partition coefficient (Wildman–Crippen LogP) is 3.46. The van der Waals surface area contributed by atoms with E-state index in [1.165, 1.54) is 0 Å². The van der Waals surface area contributed by atoms with Crippen molar-refractivity contribution in [3.63, 3.8) is 0 Å². The highest BCUT2D eigenvalue weighted by molar-refractivity contribution is 5.80. The van der Waals surface area contributed by atoms with Gasteiger partial charge in [-0.2, -0.15) is 0 Å². The lowest BCUT2D eigenvalue weighted by Gasteiger charge is -2.40. The number of hydrogen-bond donors (Lipinski definition) is 2. The molecule has 8 nitrogen and oxygen atoms in total. The number of imidazole rings is 1. The lowest BCUT2D eigenvalue weighted by molar-refractivity contribution is 0.00545.